The van der Waals surface area contributed by atoms with Crippen LogP contribution in [0.5, 0.6) is 5.75 Å². The maximum absolute atomic E-state index is 10.2. The van der Waals surface area contributed by atoms with Gasteiger partial charge in [0.2, 0.25) is 0 Å². The van der Waals surface area contributed by atoms with Gasteiger partial charge in [-0.2, -0.15) is 5.26 Å². The van der Waals surface area contributed by atoms with Crippen molar-refractivity contribution in [2.45, 2.75) is 116 Å². The Morgan fingerprint density at radius 2 is 1.59 bits per heavy atom. The monoisotopic (exact) mass is 435 g/mol. The van der Waals surface area contributed by atoms with Gasteiger partial charge in [-0.05, 0) is 124 Å². The third kappa shape index (κ3) is 5.18. The fourth-order valence-corrected chi connectivity index (χ4v) is 7.40. The second-order valence-corrected chi connectivity index (χ2v) is 11.5. The predicted octanol–water partition coefficient (Wildman–Crippen LogP) is 8.81. The van der Waals surface area contributed by atoms with Crippen LogP contribution >= 0.6 is 0 Å². The van der Waals surface area contributed by atoms with E-state index in [9.17, 15) is 5.26 Å². The van der Waals surface area contributed by atoms with Gasteiger partial charge in [0, 0.05) is 0 Å². The van der Waals surface area contributed by atoms with Crippen LogP contribution < -0.4 is 4.74 Å². The fourth-order valence-electron chi connectivity index (χ4n) is 7.40. The molecular formula is C30H45NO. The molecule has 0 N–H and O–H groups in total. The van der Waals surface area contributed by atoms with E-state index < -0.39 is 0 Å². The summed E-state index contributed by atoms with van der Waals surface area (Å²) >= 11 is 0. The maximum Gasteiger partial charge on any atom is 0.119 e. The average Bonchev–Trinajstić information content (AvgIpc) is 2.85. The molecule has 32 heavy (non-hydrogen) atoms. The molecule has 1 aromatic rings. The Morgan fingerprint density at radius 3 is 2.16 bits per heavy atom. The summed E-state index contributed by atoms with van der Waals surface area (Å²) < 4.78 is 5.83. The minimum Gasteiger partial charge on any atom is -0.494 e. The lowest BCUT2D eigenvalue weighted by Crippen LogP contribution is -2.45. The summed E-state index contributed by atoms with van der Waals surface area (Å²) in [7, 11) is 0. The quantitative estimate of drug-likeness (QED) is 0.344. The van der Waals surface area contributed by atoms with Crippen molar-refractivity contribution in [3.63, 3.8) is 0 Å². The summed E-state index contributed by atoms with van der Waals surface area (Å²) in [6.07, 6.45) is 19.5. The van der Waals surface area contributed by atoms with Crippen LogP contribution in [0, 0.1) is 34.0 Å². The Kier molecular flexibility index (Phi) is 7.86. The van der Waals surface area contributed by atoms with Gasteiger partial charge in [-0.1, -0.05) is 38.8 Å². The minimum atomic E-state index is 0.295. The molecule has 4 saturated carbocycles. The number of unbranched alkanes of at least 4 members (excludes halogenated alkanes) is 1. The molecule has 176 valence electrons. The first-order valence-corrected chi connectivity index (χ1v) is 13.7. The Bertz CT molecular complexity index is 728. The highest BCUT2D eigenvalue weighted by Crippen LogP contribution is 2.62. The van der Waals surface area contributed by atoms with E-state index in [0.717, 1.165) is 31.1 Å². The molecule has 1 atom stereocenters. The Morgan fingerprint density at radius 1 is 0.938 bits per heavy atom. The van der Waals surface area contributed by atoms with Crippen molar-refractivity contribution in [1.82, 2.24) is 0 Å². The number of benzene rings is 1. The van der Waals surface area contributed by atoms with Gasteiger partial charge in [0.05, 0.1) is 18.6 Å². The predicted molar refractivity (Wildman–Crippen MR) is 133 cm³/mol. The minimum absolute atomic E-state index is 0.295. The van der Waals surface area contributed by atoms with E-state index >= 15 is 0 Å². The second-order valence-electron chi connectivity index (χ2n) is 11.5. The van der Waals surface area contributed by atoms with Gasteiger partial charge in [-0.15, -0.1) is 0 Å². The van der Waals surface area contributed by atoms with Crippen molar-refractivity contribution in [2.24, 2.45) is 22.7 Å². The van der Waals surface area contributed by atoms with Crippen LogP contribution in [0.25, 0.3) is 0 Å². The zero-order valence-electron chi connectivity index (χ0n) is 20.7. The lowest BCUT2D eigenvalue weighted by Gasteiger charge is -2.56. The molecule has 0 aromatic heterocycles. The summed E-state index contributed by atoms with van der Waals surface area (Å²) in [5, 5.41) is 10.2. The lowest BCUT2D eigenvalue weighted by molar-refractivity contribution is -0.0442. The van der Waals surface area contributed by atoms with Gasteiger partial charge in [0.15, 0.2) is 0 Å². The van der Waals surface area contributed by atoms with Crippen molar-refractivity contribution in [1.29, 1.82) is 5.26 Å². The molecule has 1 aromatic carbocycles. The van der Waals surface area contributed by atoms with Crippen molar-refractivity contribution in [2.75, 3.05) is 6.61 Å². The molecule has 0 radical (unpaired) electrons. The van der Waals surface area contributed by atoms with Gasteiger partial charge in [-0.3, -0.25) is 0 Å². The SMILES string of the molecule is CCCCOc1ccc([C@H]2CC[C@H](CC(C#N)C34CCC(CCC)(CC3)CC4)CC2)cc1. The Balaban J connectivity index is 1.27. The molecular weight excluding hydrogens is 390 g/mol. The van der Waals surface area contributed by atoms with Gasteiger partial charge in [0.1, 0.15) is 5.75 Å². The van der Waals surface area contributed by atoms with Gasteiger partial charge in [-0.25, -0.2) is 0 Å². The van der Waals surface area contributed by atoms with Crippen LogP contribution in [-0.2, 0) is 0 Å². The molecule has 2 heteroatoms. The fraction of sp³-hybridized carbons (Fsp3) is 0.767. The number of ether oxygens (including phenoxy) is 1. The summed E-state index contributed by atoms with van der Waals surface area (Å²) in [4.78, 5) is 0. The van der Waals surface area contributed by atoms with Gasteiger partial charge >= 0.3 is 0 Å². The highest BCUT2D eigenvalue weighted by atomic mass is 16.5. The molecule has 0 spiro atoms. The molecule has 2 bridgehead atoms. The molecule has 5 rings (SSSR count). The van der Waals surface area contributed by atoms with E-state index in [1.165, 1.54) is 89.0 Å². The molecule has 4 aliphatic carbocycles. The van der Waals surface area contributed by atoms with Crippen molar-refractivity contribution >= 4 is 0 Å². The summed E-state index contributed by atoms with van der Waals surface area (Å²) in [5.41, 5.74) is 2.48. The average molecular weight is 436 g/mol. The number of rotatable bonds is 10. The number of nitrogens with zero attached hydrogens (tertiary/aromatic N) is 1. The normalized spacial score (nSPS) is 32.9. The summed E-state index contributed by atoms with van der Waals surface area (Å²) in [5.74, 6) is 2.75. The van der Waals surface area contributed by atoms with E-state index in [0.29, 0.717) is 22.7 Å². The third-order valence-corrected chi connectivity index (χ3v) is 9.67. The van der Waals surface area contributed by atoms with E-state index in [1.807, 2.05) is 0 Å². The number of fused-ring (bicyclic) bond motifs is 3. The summed E-state index contributed by atoms with van der Waals surface area (Å²) in [6.45, 7) is 5.36. The Hall–Kier alpha value is -1.49. The van der Waals surface area contributed by atoms with Crippen LogP contribution in [0.1, 0.15) is 122 Å². The van der Waals surface area contributed by atoms with E-state index in [2.05, 4.69) is 44.2 Å². The molecule has 0 amide bonds. The van der Waals surface area contributed by atoms with E-state index in [1.54, 1.807) is 0 Å². The lowest BCUT2D eigenvalue weighted by atomic mass is 9.48. The molecule has 1 unspecified atom stereocenters. The molecule has 0 heterocycles. The maximum atomic E-state index is 10.2. The second kappa shape index (κ2) is 10.6. The number of hydrogen-bond donors (Lipinski definition) is 0. The van der Waals surface area contributed by atoms with Crippen LogP contribution in [0.3, 0.4) is 0 Å². The standard InChI is InChI=1S/C30H45NO/c1-3-5-21-32-28-12-10-26(11-13-28)25-8-6-24(7-9-25)22-27(23-31)30-18-15-29(14-4-2,16-19-30)17-20-30/h10-13,24-25,27H,3-9,14-22H2,1-2H3/t24-,25-,27?,29?,30?. The molecule has 0 aliphatic heterocycles. The van der Waals surface area contributed by atoms with Gasteiger partial charge < -0.3 is 4.74 Å². The first kappa shape index (κ1) is 23.7. The first-order valence-electron chi connectivity index (χ1n) is 13.7. The molecule has 0 saturated heterocycles. The molecule has 4 fully saturated rings. The van der Waals surface area contributed by atoms with Crippen LogP contribution in [0.15, 0.2) is 24.3 Å². The topological polar surface area (TPSA) is 33.0 Å². The third-order valence-electron chi connectivity index (χ3n) is 9.67. The zero-order chi connectivity index (χ0) is 22.4. The van der Waals surface area contributed by atoms with Crippen molar-refractivity contribution in [3.05, 3.63) is 29.8 Å². The van der Waals surface area contributed by atoms with E-state index in [4.69, 9.17) is 4.74 Å². The largest absolute Gasteiger partial charge is 0.494 e. The molecule has 4 aliphatic rings. The van der Waals surface area contributed by atoms with Crippen LogP contribution in [0.4, 0.5) is 0 Å². The first-order chi connectivity index (χ1) is 15.6. The van der Waals surface area contributed by atoms with E-state index in [-0.39, 0.29) is 0 Å². The Labute approximate surface area is 197 Å². The highest BCUT2D eigenvalue weighted by Gasteiger charge is 2.51. The smallest absolute Gasteiger partial charge is 0.119 e. The van der Waals surface area contributed by atoms with Crippen LogP contribution in [-0.4, -0.2) is 6.61 Å². The number of nitriles is 1. The number of hydrogen-bond acceptors (Lipinski definition) is 2. The highest BCUT2D eigenvalue weighted by molar-refractivity contribution is 5.29. The van der Waals surface area contributed by atoms with Crippen molar-refractivity contribution < 1.29 is 4.74 Å². The van der Waals surface area contributed by atoms with Crippen molar-refractivity contribution in [3.8, 4) is 11.8 Å². The van der Waals surface area contributed by atoms with Crippen LogP contribution in [0.2, 0.25) is 0 Å². The van der Waals surface area contributed by atoms with Gasteiger partial charge in [0.25, 0.3) is 0 Å². The zero-order valence-corrected chi connectivity index (χ0v) is 20.7. The molecule has 2 nitrogen and oxygen atoms in total. The summed E-state index contributed by atoms with van der Waals surface area (Å²) in [6, 6.07) is 11.7.